The van der Waals surface area contributed by atoms with Gasteiger partial charge in [-0.05, 0) is 23.9 Å². The van der Waals surface area contributed by atoms with Crippen LogP contribution in [0.3, 0.4) is 0 Å². The van der Waals surface area contributed by atoms with E-state index in [1.54, 1.807) is 4.57 Å². The van der Waals surface area contributed by atoms with Crippen molar-refractivity contribution in [3.8, 4) is 10.7 Å². The summed E-state index contributed by atoms with van der Waals surface area (Å²) in [6, 6.07) is 11.9. The summed E-state index contributed by atoms with van der Waals surface area (Å²) >= 11 is 1.54. The fourth-order valence-electron chi connectivity index (χ4n) is 1.98. The van der Waals surface area contributed by atoms with Gasteiger partial charge in [0, 0.05) is 0 Å². The number of hydrogen-bond acceptors (Lipinski definition) is 4. The van der Waals surface area contributed by atoms with Crippen molar-refractivity contribution in [2.75, 3.05) is 0 Å². The molecule has 4 nitrogen and oxygen atoms in total. The molecule has 0 radical (unpaired) electrons. The van der Waals surface area contributed by atoms with E-state index in [-0.39, 0.29) is 0 Å². The van der Waals surface area contributed by atoms with Gasteiger partial charge in [0.05, 0.1) is 11.4 Å². The molecule has 0 saturated heterocycles. The minimum Gasteiger partial charge on any atom is -0.295 e. The van der Waals surface area contributed by atoms with Gasteiger partial charge < -0.3 is 0 Å². The SMILES string of the molecule is Cc1cccc(Cn2c(-c3cccs3)noc2=O)c1. The van der Waals surface area contributed by atoms with E-state index in [0.717, 1.165) is 10.4 Å². The lowest BCUT2D eigenvalue weighted by molar-refractivity contribution is 0.378. The predicted octanol–water partition coefficient (Wildman–Crippen LogP) is 2.92. The summed E-state index contributed by atoms with van der Waals surface area (Å²) in [6.07, 6.45) is 0. The van der Waals surface area contributed by atoms with Gasteiger partial charge in [0.25, 0.3) is 0 Å². The van der Waals surface area contributed by atoms with E-state index in [1.165, 1.54) is 16.9 Å². The average molecular weight is 272 g/mol. The largest absolute Gasteiger partial charge is 0.442 e. The first kappa shape index (κ1) is 11.9. The maximum atomic E-state index is 11.8. The molecule has 19 heavy (non-hydrogen) atoms. The van der Waals surface area contributed by atoms with Crippen molar-refractivity contribution in [2.24, 2.45) is 0 Å². The highest BCUT2D eigenvalue weighted by Crippen LogP contribution is 2.22. The van der Waals surface area contributed by atoms with Crippen LogP contribution in [0.5, 0.6) is 0 Å². The fourth-order valence-corrected chi connectivity index (χ4v) is 2.70. The third-order valence-corrected chi connectivity index (χ3v) is 3.72. The van der Waals surface area contributed by atoms with Gasteiger partial charge in [0.2, 0.25) is 0 Å². The minimum atomic E-state index is -0.426. The van der Waals surface area contributed by atoms with Crippen molar-refractivity contribution in [3.05, 3.63) is 63.5 Å². The zero-order valence-electron chi connectivity index (χ0n) is 10.4. The molecule has 1 aromatic carbocycles. The van der Waals surface area contributed by atoms with Crippen molar-refractivity contribution < 1.29 is 4.52 Å². The van der Waals surface area contributed by atoms with Crippen LogP contribution in [-0.2, 0) is 6.54 Å². The van der Waals surface area contributed by atoms with Crippen LogP contribution in [0, 0.1) is 6.92 Å². The summed E-state index contributed by atoms with van der Waals surface area (Å²) in [5.41, 5.74) is 2.22. The predicted molar refractivity (Wildman–Crippen MR) is 74.4 cm³/mol. The molecular weight excluding hydrogens is 260 g/mol. The molecule has 0 aliphatic heterocycles. The molecule has 2 aromatic heterocycles. The zero-order chi connectivity index (χ0) is 13.2. The molecule has 0 N–H and O–H groups in total. The molecular formula is C14H12N2O2S. The quantitative estimate of drug-likeness (QED) is 0.736. The van der Waals surface area contributed by atoms with Gasteiger partial charge in [-0.15, -0.1) is 11.3 Å². The Morgan fingerprint density at radius 2 is 2.21 bits per heavy atom. The molecule has 0 atom stereocenters. The lowest BCUT2D eigenvalue weighted by Crippen LogP contribution is -2.16. The maximum Gasteiger partial charge on any atom is 0.442 e. The Morgan fingerprint density at radius 3 is 2.95 bits per heavy atom. The standard InChI is InChI=1S/C14H12N2O2S/c1-10-4-2-5-11(8-10)9-16-13(15-18-14(16)17)12-6-3-7-19-12/h2-8H,9H2,1H3. The van der Waals surface area contributed by atoms with Crippen LogP contribution in [-0.4, -0.2) is 9.72 Å². The van der Waals surface area contributed by atoms with Crippen LogP contribution in [0.25, 0.3) is 10.7 Å². The molecule has 0 spiro atoms. The van der Waals surface area contributed by atoms with Crippen molar-refractivity contribution in [1.29, 1.82) is 0 Å². The van der Waals surface area contributed by atoms with Gasteiger partial charge in [0.15, 0.2) is 5.82 Å². The van der Waals surface area contributed by atoms with Crippen molar-refractivity contribution >= 4 is 11.3 Å². The summed E-state index contributed by atoms with van der Waals surface area (Å²) < 4.78 is 6.34. The maximum absolute atomic E-state index is 11.8. The second-order valence-electron chi connectivity index (χ2n) is 4.32. The number of hydrogen-bond donors (Lipinski definition) is 0. The summed E-state index contributed by atoms with van der Waals surface area (Å²) in [5, 5.41) is 5.81. The zero-order valence-corrected chi connectivity index (χ0v) is 11.2. The van der Waals surface area contributed by atoms with Crippen LogP contribution in [0.4, 0.5) is 0 Å². The third-order valence-electron chi connectivity index (χ3n) is 2.85. The van der Waals surface area contributed by atoms with E-state index in [0.29, 0.717) is 12.4 Å². The molecule has 0 saturated carbocycles. The van der Waals surface area contributed by atoms with Gasteiger partial charge >= 0.3 is 5.76 Å². The van der Waals surface area contributed by atoms with Crippen LogP contribution >= 0.6 is 11.3 Å². The molecule has 5 heteroatoms. The fraction of sp³-hybridized carbons (Fsp3) is 0.143. The second kappa shape index (κ2) is 4.85. The van der Waals surface area contributed by atoms with Crippen molar-refractivity contribution in [1.82, 2.24) is 9.72 Å². The first-order chi connectivity index (χ1) is 9.24. The summed E-state index contributed by atoms with van der Waals surface area (Å²) in [7, 11) is 0. The Labute approximate surface area is 113 Å². The van der Waals surface area contributed by atoms with Gasteiger partial charge in [-0.25, -0.2) is 4.79 Å². The Kier molecular flexibility index (Phi) is 3.05. The Hall–Kier alpha value is -2.14. The molecule has 96 valence electrons. The van der Waals surface area contributed by atoms with E-state index in [2.05, 4.69) is 11.2 Å². The van der Waals surface area contributed by atoms with E-state index in [4.69, 9.17) is 4.52 Å². The smallest absolute Gasteiger partial charge is 0.295 e. The van der Waals surface area contributed by atoms with Gasteiger partial charge in [-0.2, -0.15) is 0 Å². The lowest BCUT2D eigenvalue weighted by atomic mass is 10.1. The molecule has 2 heterocycles. The number of rotatable bonds is 3. The monoisotopic (exact) mass is 272 g/mol. The summed E-state index contributed by atoms with van der Waals surface area (Å²) in [6.45, 7) is 2.50. The topological polar surface area (TPSA) is 48.0 Å². The Morgan fingerprint density at radius 1 is 1.32 bits per heavy atom. The van der Waals surface area contributed by atoms with Crippen molar-refractivity contribution in [3.63, 3.8) is 0 Å². The molecule has 0 amide bonds. The molecule has 0 unspecified atom stereocenters. The van der Waals surface area contributed by atoms with Crippen molar-refractivity contribution in [2.45, 2.75) is 13.5 Å². The summed E-state index contributed by atoms with van der Waals surface area (Å²) in [5.74, 6) is 0.159. The molecule has 0 aliphatic rings. The molecule has 3 aromatic rings. The third kappa shape index (κ3) is 2.37. The molecule has 0 bridgehead atoms. The average Bonchev–Trinajstić information content (AvgIpc) is 3.01. The highest BCUT2D eigenvalue weighted by Gasteiger charge is 2.13. The van der Waals surface area contributed by atoms with Gasteiger partial charge in [0.1, 0.15) is 0 Å². The van der Waals surface area contributed by atoms with E-state index in [1.807, 2.05) is 42.6 Å². The Bertz CT molecular complexity index is 741. The number of benzene rings is 1. The summed E-state index contributed by atoms with van der Waals surface area (Å²) in [4.78, 5) is 12.7. The first-order valence-corrected chi connectivity index (χ1v) is 6.78. The number of thiophene rings is 1. The minimum absolute atomic E-state index is 0.426. The van der Waals surface area contributed by atoms with Crippen LogP contribution < -0.4 is 5.76 Å². The van der Waals surface area contributed by atoms with Gasteiger partial charge in [-0.1, -0.05) is 41.1 Å². The highest BCUT2D eigenvalue weighted by molar-refractivity contribution is 7.13. The van der Waals surface area contributed by atoms with Crippen LogP contribution in [0.15, 0.2) is 51.1 Å². The first-order valence-electron chi connectivity index (χ1n) is 5.90. The number of aryl methyl sites for hydroxylation is 1. The van der Waals surface area contributed by atoms with Crippen LogP contribution in [0.1, 0.15) is 11.1 Å². The lowest BCUT2D eigenvalue weighted by Gasteiger charge is -2.04. The van der Waals surface area contributed by atoms with E-state index in [9.17, 15) is 4.79 Å². The molecule has 0 aliphatic carbocycles. The second-order valence-corrected chi connectivity index (χ2v) is 5.27. The normalized spacial score (nSPS) is 10.8. The number of aromatic nitrogens is 2. The van der Waals surface area contributed by atoms with E-state index < -0.39 is 5.76 Å². The highest BCUT2D eigenvalue weighted by atomic mass is 32.1. The van der Waals surface area contributed by atoms with E-state index >= 15 is 0 Å². The van der Waals surface area contributed by atoms with Gasteiger partial charge in [-0.3, -0.25) is 9.09 Å². The van der Waals surface area contributed by atoms with Crippen LogP contribution in [0.2, 0.25) is 0 Å². The Balaban J connectivity index is 2.02. The molecule has 3 rings (SSSR count). The number of nitrogens with zero attached hydrogens (tertiary/aromatic N) is 2. The molecule has 0 fully saturated rings.